The third kappa shape index (κ3) is 7.43. The summed E-state index contributed by atoms with van der Waals surface area (Å²) in [4.78, 5) is 16.6. The minimum Gasteiger partial charge on any atom is -0.460 e. The quantitative estimate of drug-likeness (QED) is 0.166. The first-order valence-corrected chi connectivity index (χ1v) is 15.1. The Hall–Kier alpha value is -3.57. The molecule has 0 spiro atoms. The van der Waals surface area contributed by atoms with Crippen molar-refractivity contribution in [1.82, 2.24) is 25.0 Å². The van der Waals surface area contributed by atoms with E-state index in [1.807, 2.05) is 0 Å². The third-order valence-electron chi connectivity index (χ3n) is 7.12. The summed E-state index contributed by atoms with van der Waals surface area (Å²) in [6, 6.07) is 12.7. The van der Waals surface area contributed by atoms with Crippen LogP contribution in [-0.4, -0.2) is 74.8 Å². The fourth-order valence-corrected chi connectivity index (χ4v) is 6.57. The van der Waals surface area contributed by atoms with Crippen molar-refractivity contribution < 1.29 is 33.4 Å². The second-order valence-electron chi connectivity index (χ2n) is 10.1. The van der Waals surface area contributed by atoms with E-state index in [2.05, 4.69) is 20.5 Å². The monoisotopic (exact) mass is 601 g/mol. The minimum absolute atomic E-state index is 0.208. The van der Waals surface area contributed by atoms with Crippen LogP contribution < -0.4 is 20.7 Å². The van der Waals surface area contributed by atoms with E-state index < -0.39 is 43.8 Å². The van der Waals surface area contributed by atoms with Crippen LogP contribution in [0.25, 0.3) is 5.52 Å². The highest BCUT2D eigenvalue weighted by molar-refractivity contribution is 7.52. The van der Waals surface area contributed by atoms with E-state index in [1.165, 1.54) is 20.2 Å². The number of nitrogens with two attached hydrogens (primary N) is 1. The number of benzene rings is 1. The highest BCUT2D eigenvalue weighted by atomic mass is 31.2. The van der Waals surface area contributed by atoms with Gasteiger partial charge in [0.25, 0.3) is 0 Å². The molecular formula is C27H36N7O7P. The number of ether oxygens (including phenoxy) is 1. The molecule has 1 saturated heterocycles. The van der Waals surface area contributed by atoms with Crippen LogP contribution in [0.4, 0.5) is 5.82 Å². The van der Waals surface area contributed by atoms with Crippen molar-refractivity contribution in [1.29, 1.82) is 5.26 Å². The molecule has 1 saturated carbocycles. The molecule has 0 radical (unpaired) electrons. The number of nitrogens with one attached hydrogen (secondary N) is 2. The predicted molar refractivity (Wildman–Crippen MR) is 152 cm³/mol. The van der Waals surface area contributed by atoms with Gasteiger partial charge in [-0.2, -0.15) is 15.4 Å². The molecule has 1 unspecified atom stereocenters. The van der Waals surface area contributed by atoms with Crippen molar-refractivity contribution in [2.45, 2.75) is 57.0 Å². The molecule has 3 heterocycles. The topological polar surface area (TPSA) is 206 Å². The van der Waals surface area contributed by atoms with Crippen LogP contribution in [0.2, 0.25) is 0 Å². The van der Waals surface area contributed by atoms with Crippen LogP contribution in [-0.2, 0) is 18.6 Å². The average molecular weight is 602 g/mol. The molecule has 0 bridgehead atoms. The van der Waals surface area contributed by atoms with Crippen LogP contribution in [0.15, 0.2) is 48.8 Å². The Morgan fingerprint density at radius 3 is 2.71 bits per heavy atom. The number of aliphatic hydroxyl groups excluding tert-OH is 2. The van der Waals surface area contributed by atoms with Crippen molar-refractivity contribution in [3.8, 4) is 11.8 Å². The lowest BCUT2D eigenvalue weighted by molar-refractivity contribution is -0.149. The third-order valence-corrected chi connectivity index (χ3v) is 8.77. The highest BCUT2D eigenvalue weighted by Crippen LogP contribution is 2.47. The molecule has 0 amide bonds. The molecule has 5 rings (SSSR count). The molecule has 15 heteroatoms. The lowest BCUT2D eigenvalue weighted by Crippen LogP contribution is -2.38. The summed E-state index contributed by atoms with van der Waals surface area (Å²) < 4.78 is 32.4. The van der Waals surface area contributed by atoms with Gasteiger partial charge in [0.05, 0.1) is 24.9 Å². The molecular weight excluding hydrogens is 565 g/mol. The van der Waals surface area contributed by atoms with E-state index in [0.717, 1.165) is 6.54 Å². The van der Waals surface area contributed by atoms with Crippen LogP contribution in [0.1, 0.15) is 38.3 Å². The van der Waals surface area contributed by atoms with Gasteiger partial charge in [0, 0.05) is 31.0 Å². The van der Waals surface area contributed by atoms with Gasteiger partial charge in [0.2, 0.25) is 0 Å². The van der Waals surface area contributed by atoms with Crippen LogP contribution in [0.3, 0.4) is 0 Å². The maximum absolute atomic E-state index is 13.8. The Kier molecular flexibility index (Phi) is 10.5. The number of carbonyl (C=O) groups is 1. The normalized spacial score (nSPS) is 25.5. The van der Waals surface area contributed by atoms with E-state index in [1.54, 1.807) is 53.0 Å². The van der Waals surface area contributed by atoms with Crippen LogP contribution >= 0.6 is 7.75 Å². The highest BCUT2D eigenvalue weighted by Gasteiger charge is 2.45. The summed E-state index contributed by atoms with van der Waals surface area (Å²) in [7, 11) is -4.12. The number of hydrogen-bond donors (Lipinski definition) is 5. The molecule has 1 aliphatic heterocycles. The summed E-state index contributed by atoms with van der Waals surface area (Å²) in [5.74, 6) is -1.08. The van der Waals surface area contributed by atoms with Gasteiger partial charge in [-0.15, -0.1) is 0 Å². The summed E-state index contributed by atoms with van der Waals surface area (Å²) in [6.45, 7) is 4.06. The lowest BCUT2D eigenvalue weighted by atomic mass is 10.0. The number of carbonyl (C=O) groups excluding carboxylic acids is 1. The van der Waals surface area contributed by atoms with Crippen molar-refractivity contribution >= 4 is 25.1 Å². The Labute approximate surface area is 243 Å². The first-order chi connectivity index (χ1) is 20.2. The maximum Gasteiger partial charge on any atom is 0.459 e. The van der Waals surface area contributed by atoms with Crippen molar-refractivity contribution in [3.05, 3.63) is 54.5 Å². The van der Waals surface area contributed by atoms with E-state index in [-0.39, 0.29) is 18.5 Å². The Balaban J connectivity index is 0.00000129. The molecule has 1 aliphatic carbocycles. The summed E-state index contributed by atoms with van der Waals surface area (Å²) in [6.07, 6.45) is -0.203. The van der Waals surface area contributed by atoms with Crippen molar-refractivity contribution in [2.75, 3.05) is 25.4 Å². The molecule has 2 aliphatic rings. The molecule has 226 valence electrons. The lowest BCUT2D eigenvalue weighted by Gasteiger charge is -2.25. The number of anilines is 1. The Morgan fingerprint density at radius 2 is 2.02 bits per heavy atom. The van der Waals surface area contributed by atoms with E-state index in [0.29, 0.717) is 36.4 Å². The summed E-state index contributed by atoms with van der Waals surface area (Å²) in [5.41, 5.74) is 7.18. The number of nitrogen functional groups attached to an aromatic ring is 1. The first-order valence-electron chi connectivity index (χ1n) is 13.6. The second-order valence-corrected chi connectivity index (χ2v) is 11.8. The van der Waals surface area contributed by atoms with Crippen LogP contribution in [0.5, 0.6) is 5.75 Å². The van der Waals surface area contributed by atoms with E-state index in [9.17, 15) is 19.6 Å². The van der Waals surface area contributed by atoms with Gasteiger partial charge in [-0.05, 0) is 50.6 Å². The van der Waals surface area contributed by atoms with Crippen molar-refractivity contribution in [3.63, 3.8) is 0 Å². The average Bonchev–Trinajstić information content (AvgIpc) is 3.70. The standard InChI is InChI=1S/C25H33N6O7P.C2H3N/c1-15(25(34)37-18-9-10-27-12-18)30-39(35,38-17-5-3-2-4-6-17)36-13-16-11-19(23(33)22(16)32)20-7-8-21-24(26)28-14-29-31(20)21;1-2-3/h2-8,14-16,18-19,22-23,27,32-33H,9-13H2,1H3,(H,30,35)(H2,26,28,29);1H3/t15-,16+,18-,19-,22+,23-,39?;/m0./s1. The van der Waals surface area contributed by atoms with Gasteiger partial charge in [0.15, 0.2) is 5.82 Å². The van der Waals surface area contributed by atoms with E-state index >= 15 is 0 Å². The van der Waals surface area contributed by atoms with Crippen LogP contribution in [0, 0.1) is 17.2 Å². The van der Waals surface area contributed by atoms with Gasteiger partial charge < -0.3 is 30.5 Å². The van der Waals surface area contributed by atoms with Gasteiger partial charge in [0.1, 0.15) is 29.7 Å². The molecule has 1 aromatic carbocycles. The van der Waals surface area contributed by atoms with Gasteiger partial charge in [-0.25, -0.2) is 14.1 Å². The first kappa shape index (κ1) is 31.4. The zero-order valence-corrected chi connectivity index (χ0v) is 24.3. The van der Waals surface area contributed by atoms with Gasteiger partial charge in [-0.3, -0.25) is 9.32 Å². The fourth-order valence-electron chi connectivity index (χ4n) is 5.03. The molecule has 6 N–H and O–H groups in total. The largest absolute Gasteiger partial charge is 0.460 e. The number of rotatable bonds is 10. The maximum atomic E-state index is 13.8. The number of aliphatic hydroxyl groups is 2. The molecule has 7 atom stereocenters. The van der Waals surface area contributed by atoms with E-state index in [4.69, 9.17) is 24.8 Å². The fraction of sp³-hybridized carbons (Fsp3) is 0.481. The smallest absolute Gasteiger partial charge is 0.459 e. The Morgan fingerprint density at radius 1 is 1.29 bits per heavy atom. The zero-order chi connectivity index (χ0) is 30.3. The minimum atomic E-state index is -4.12. The van der Waals surface area contributed by atoms with Gasteiger partial charge in [-0.1, -0.05) is 18.2 Å². The number of nitrogens with zero attached hydrogens (tertiary/aromatic N) is 4. The molecule has 42 heavy (non-hydrogen) atoms. The number of nitriles is 1. The number of esters is 1. The number of aromatic nitrogens is 3. The second kappa shape index (κ2) is 14.1. The summed E-state index contributed by atoms with van der Waals surface area (Å²) >= 11 is 0. The molecule has 14 nitrogen and oxygen atoms in total. The van der Waals surface area contributed by atoms with Gasteiger partial charge >= 0.3 is 13.7 Å². The number of para-hydroxylation sites is 1. The van der Waals surface area contributed by atoms with Crippen molar-refractivity contribution in [2.24, 2.45) is 5.92 Å². The predicted octanol–water partition coefficient (Wildman–Crippen LogP) is 1.75. The Bertz CT molecular complexity index is 1430. The number of hydrogen-bond acceptors (Lipinski definition) is 12. The molecule has 3 aromatic rings. The summed E-state index contributed by atoms with van der Waals surface area (Å²) in [5, 5.41) is 39.1. The SMILES string of the molecule is CC#N.C[C@H](NP(=O)(OC[C@H]1C[C@@H](c2ccc3c(N)ncnn23)[C@H](O)[C@@H]1O)Oc1ccccc1)C(=O)O[C@H]1CCNC1. The number of fused-ring (bicyclic) bond motifs is 1. The molecule has 2 fully saturated rings. The molecule has 2 aromatic heterocycles. The zero-order valence-electron chi connectivity index (χ0n) is 23.4.